The summed E-state index contributed by atoms with van der Waals surface area (Å²) in [7, 11) is 0. The van der Waals surface area contributed by atoms with Crippen LogP contribution in [0.5, 0.6) is 0 Å². The van der Waals surface area contributed by atoms with Gasteiger partial charge in [-0.3, -0.25) is 9.59 Å². The highest BCUT2D eigenvalue weighted by Crippen LogP contribution is 2.51. The zero-order valence-electron chi connectivity index (χ0n) is 26.1. The predicted molar refractivity (Wildman–Crippen MR) is 159 cm³/mol. The van der Waals surface area contributed by atoms with E-state index in [2.05, 4.69) is 29.4 Å². The molecule has 3 rings (SSSR count). The zero-order chi connectivity index (χ0) is 31.8. The van der Waals surface area contributed by atoms with Gasteiger partial charge in [0.15, 0.2) is 0 Å². The molecule has 1 aliphatic rings. The van der Waals surface area contributed by atoms with Gasteiger partial charge in [0, 0.05) is 25.6 Å². The van der Waals surface area contributed by atoms with Crippen LogP contribution in [0, 0.1) is 28.4 Å². The first-order valence-electron chi connectivity index (χ1n) is 15.3. The maximum atomic E-state index is 14.4. The number of hydrogen-bond donors (Lipinski definition) is 3. The van der Waals surface area contributed by atoms with E-state index in [1.807, 2.05) is 13.8 Å². The minimum absolute atomic E-state index is 0.166. The Morgan fingerprint density at radius 2 is 1.77 bits per heavy atom. The second kappa shape index (κ2) is 15.0. The molecule has 0 saturated carbocycles. The molecule has 1 unspecified atom stereocenters. The number of hydrogen-bond acceptors (Lipinski definition) is 7. The maximum Gasteiger partial charge on any atom is 0.231 e. The van der Waals surface area contributed by atoms with Crippen LogP contribution in [0.2, 0.25) is 0 Å². The number of rotatable bonds is 16. The van der Waals surface area contributed by atoms with Crippen LogP contribution in [-0.2, 0) is 29.0 Å². The Morgan fingerprint density at radius 3 is 2.35 bits per heavy atom. The number of halogens is 2. The van der Waals surface area contributed by atoms with Crippen molar-refractivity contribution in [2.45, 2.75) is 92.2 Å². The van der Waals surface area contributed by atoms with Crippen molar-refractivity contribution in [3.8, 4) is 0 Å². The lowest BCUT2D eigenvalue weighted by molar-refractivity contribution is -0.162. The van der Waals surface area contributed by atoms with Crippen LogP contribution in [0.1, 0.15) is 84.1 Å². The number of amides is 2. The van der Waals surface area contributed by atoms with Gasteiger partial charge in [-0.1, -0.05) is 39.3 Å². The van der Waals surface area contributed by atoms with Crippen molar-refractivity contribution in [3.63, 3.8) is 0 Å². The summed E-state index contributed by atoms with van der Waals surface area (Å²) in [5, 5.41) is 23.6. The number of aliphatic hydroxyl groups excluding tert-OH is 1. The summed E-state index contributed by atoms with van der Waals surface area (Å²) >= 11 is 0. The molecule has 0 spiro atoms. The second-order valence-corrected chi connectivity index (χ2v) is 12.3. The van der Waals surface area contributed by atoms with E-state index in [1.165, 1.54) is 0 Å². The van der Waals surface area contributed by atoms with Gasteiger partial charge in [0.1, 0.15) is 11.6 Å². The topological polar surface area (TPSA) is 135 Å². The average Bonchev–Trinajstić information content (AvgIpc) is 3.36. The number of nitrogens with two attached hydrogens (primary N) is 1. The van der Waals surface area contributed by atoms with Crippen LogP contribution in [0.3, 0.4) is 0 Å². The molecule has 0 aliphatic heterocycles. The lowest BCUT2D eigenvalue weighted by Gasteiger charge is -2.50. The van der Waals surface area contributed by atoms with Crippen molar-refractivity contribution in [1.82, 2.24) is 20.4 Å². The Morgan fingerprint density at radius 1 is 1.14 bits per heavy atom. The van der Waals surface area contributed by atoms with Gasteiger partial charge < -0.3 is 25.5 Å². The third kappa shape index (κ3) is 8.26. The van der Waals surface area contributed by atoms with E-state index >= 15 is 0 Å². The lowest BCUT2D eigenvalue weighted by atomic mass is 9.57. The van der Waals surface area contributed by atoms with Gasteiger partial charge in [0.25, 0.3) is 0 Å². The van der Waals surface area contributed by atoms with E-state index in [-0.39, 0.29) is 30.7 Å². The highest BCUT2D eigenvalue weighted by molar-refractivity contribution is 5.90. The van der Waals surface area contributed by atoms with E-state index in [0.717, 1.165) is 31.0 Å². The summed E-state index contributed by atoms with van der Waals surface area (Å²) in [6.07, 6.45) is 2.92. The molecule has 2 aromatic rings. The monoisotopic (exact) mass is 603 g/mol. The molecule has 2 amide bonds. The van der Waals surface area contributed by atoms with Gasteiger partial charge in [-0.05, 0) is 75.6 Å². The molecule has 11 heteroatoms. The predicted octanol–water partition coefficient (Wildman–Crippen LogP) is 4.48. The highest BCUT2D eigenvalue weighted by Gasteiger charge is 2.59. The number of carbonyl (C=O) groups is 2. The Labute approximate surface area is 253 Å². The molecule has 1 heterocycles. The largest absolute Gasteiger partial charge is 0.424 e. The Hall–Kier alpha value is -3.18. The SMILES string of the molecule is CCCN(CCC)C(=O)C1(CCCNCc2nnc(CC(C)C)o2)CC(C)=C[C@](Cc2cc(F)cc(F)c2)(C(N)=O)[C@@H]1O. The molecule has 0 fully saturated rings. The first-order chi connectivity index (χ1) is 20.4. The van der Waals surface area contributed by atoms with Crippen molar-refractivity contribution in [2.24, 2.45) is 22.5 Å². The summed E-state index contributed by atoms with van der Waals surface area (Å²) in [6, 6.07) is 2.99. The Balaban J connectivity index is 1.92. The first kappa shape index (κ1) is 34.3. The summed E-state index contributed by atoms with van der Waals surface area (Å²) in [6.45, 7) is 11.7. The maximum absolute atomic E-state index is 14.4. The summed E-state index contributed by atoms with van der Waals surface area (Å²) in [5.74, 6) is -1.27. The van der Waals surface area contributed by atoms with E-state index in [4.69, 9.17) is 10.2 Å². The fraction of sp³-hybridized carbons (Fsp3) is 0.625. The van der Waals surface area contributed by atoms with Crippen molar-refractivity contribution < 1.29 is 27.9 Å². The standard InChI is InChI=1S/C32H47F2N5O4/c1-6-11-39(12-7-2)30(42)31(9-8-10-36-20-27-38-37-26(43-27)13-21(3)4)17-22(5)18-32(28(31)40,29(35)41)19-23-14-24(33)16-25(34)15-23/h14-16,18,21,28,36,40H,6-13,17,19-20H2,1-5H3,(H2,35,41)/t28-,31?,32-/m1/s1. The highest BCUT2D eigenvalue weighted by atomic mass is 19.1. The molecular formula is C32H47F2N5O4. The summed E-state index contributed by atoms with van der Waals surface area (Å²) in [4.78, 5) is 29.4. The smallest absolute Gasteiger partial charge is 0.231 e. The van der Waals surface area contributed by atoms with E-state index < -0.39 is 34.5 Å². The van der Waals surface area contributed by atoms with Crippen molar-refractivity contribution in [3.05, 3.63) is 58.8 Å². The molecule has 238 valence electrons. The van der Waals surface area contributed by atoms with Gasteiger partial charge in [0.05, 0.1) is 23.5 Å². The van der Waals surface area contributed by atoms with E-state index in [1.54, 1.807) is 17.9 Å². The Bertz CT molecular complexity index is 1260. The molecule has 1 aromatic carbocycles. The van der Waals surface area contributed by atoms with Crippen LogP contribution in [0.4, 0.5) is 8.78 Å². The van der Waals surface area contributed by atoms with Gasteiger partial charge in [0.2, 0.25) is 23.6 Å². The normalized spacial score (nSPS) is 22.1. The molecule has 0 bridgehead atoms. The zero-order valence-corrected chi connectivity index (χ0v) is 26.1. The molecular weight excluding hydrogens is 556 g/mol. The molecule has 3 atom stereocenters. The van der Waals surface area contributed by atoms with E-state index in [0.29, 0.717) is 62.3 Å². The van der Waals surface area contributed by atoms with Crippen molar-refractivity contribution >= 4 is 11.8 Å². The van der Waals surface area contributed by atoms with Crippen molar-refractivity contribution in [2.75, 3.05) is 19.6 Å². The number of nitrogens with zero attached hydrogens (tertiary/aromatic N) is 3. The fourth-order valence-electron chi connectivity index (χ4n) is 6.36. The van der Waals surface area contributed by atoms with Crippen LogP contribution in [0.15, 0.2) is 34.3 Å². The fourth-order valence-corrected chi connectivity index (χ4v) is 6.36. The number of primary amides is 1. The minimum atomic E-state index is -1.74. The number of benzene rings is 1. The quantitative estimate of drug-likeness (QED) is 0.190. The molecule has 0 radical (unpaired) electrons. The lowest BCUT2D eigenvalue weighted by Crippen LogP contribution is -2.62. The van der Waals surface area contributed by atoms with Gasteiger partial charge >= 0.3 is 0 Å². The summed E-state index contributed by atoms with van der Waals surface area (Å²) < 4.78 is 34.0. The molecule has 0 saturated heterocycles. The number of nitrogens with one attached hydrogen (secondary N) is 1. The third-order valence-electron chi connectivity index (χ3n) is 8.03. The molecule has 43 heavy (non-hydrogen) atoms. The second-order valence-electron chi connectivity index (χ2n) is 12.3. The number of aliphatic hydroxyl groups is 1. The van der Waals surface area contributed by atoms with Crippen LogP contribution >= 0.6 is 0 Å². The van der Waals surface area contributed by atoms with Gasteiger partial charge in [-0.25, -0.2) is 8.78 Å². The minimum Gasteiger partial charge on any atom is -0.424 e. The molecule has 9 nitrogen and oxygen atoms in total. The number of allylic oxidation sites excluding steroid dienone is 1. The van der Waals surface area contributed by atoms with E-state index in [9.17, 15) is 23.5 Å². The molecule has 1 aliphatic carbocycles. The van der Waals surface area contributed by atoms with Crippen molar-refractivity contribution in [1.29, 1.82) is 0 Å². The number of carbonyl (C=O) groups excluding carboxylic acids is 2. The average molecular weight is 604 g/mol. The molecule has 1 aromatic heterocycles. The van der Waals surface area contributed by atoms with Crippen LogP contribution in [-0.4, -0.2) is 57.8 Å². The Kier molecular flexibility index (Phi) is 12.0. The summed E-state index contributed by atoms with van der Waals surface area (Å²) in [5.41, 5.74) is 3.73. The number of aromatic nitrogens is 2. The first-order valence-corrected chi connectivity index (χ1v) is 15.3. The van der Waals surface area contributed by atoms with Crippen LogP contribution in [0.25, 0.3) is 0 Å². The van der Waals surface area contributed by atoms with Crippen LogP contribution < -0.4 is 11.1 Å². The van der Waals surface area contributed by atoms with Gasteiger partial charge in [-0.15, -0.1) is 10.2 Å². The molecule has 4 N–H and O–H groups in total. The van der Waals surface area contributed by atoms with Gasteiger partial charge in [-0.2, -0.15) is 0 Å². The third-order valence-corrected chi connectivity index (χ3v) is 8.03.